The standard InChI is InChI=1S/C15H12ClN3O/c16-13-6-7-14(18-10-13)19-15(20)8-5-11-1-3-12(9-17)4-2-11/h1-4,6-7,10H,5,8H2,(H,18,19,20). The fourth-order valence-corrected chi connectivity index (χ4v) is 1.77. The summed E-state index contributed by atoms with van der Waals surface area (Å²) in [4.78, 5) is 15.8. The number of rotatable bonds is 4. The average molecular weight is 286 g/mol. The predicted octanol–water partition coefficient (Wildman–Crippen LogP) is 3.18. The summed E-state index contributed by atoms with van der Waals surface area (Å²) in [6.45, 7) is 0. The molecule has 0 aliphatic rings. The van der Waals surface area contributed by atoms with Crippen molar-refractivity contribution < 1.29 is 4.79 Å². The molecule has 0 fully saturated rings. The quantitative estimate of drug-likeness (QED) is 0.938. The lowest BCUT2D eigenvalue weighted by atomic mass is 10.1. The van der Waals surface area contributed by atoms with Crippen molar-refractivity contribution in [2.24, 2.45) is 0 Å². The summed E-state index contributed by atoms with van der Waals surface area (Å²) in [7, 11) is 0. The van der Waals surface area contributed by atoms with E-state index in [-0.39, 0.29) is 5.91 Å². The first-order chi connectivity index (χ1) is 9.67. The van der Waals surface area contributed by atoms with Crippen LogP contribution in [0.5, 0.6) is 0 Å². The van der Waals surface area contributed by atoms with E-state index in [1.807, 2.05) is 12.1 Å². The summed E-state index contributed by atoms with van der Waals surface area (Å²) in [5.74, 6) is 0.378. The van der Waals surface area contributed by atoms with E-state index in [0.29, 0.717) is 29.2 Å². The molecule has 0 saturated carbocycles. The van der Waals surface area contributed by atoms with Crippen LogP contribution in [0.1, 0.15) is 17.5 Å². The van der Waals surface area contributed by atoms with Crippen molar-refractivity contribution in [2.45, 2.75) is 12.8 Å². The van der Waals surface area contributed by atoms with Crippen LogP contribution in [0.3, 0.4) is 0 Å². The van der Waals surface area contributed by atoms with E-state index in [2.05, 4.69) is 16.4 Å². The van der Waals surface area contributed by atoms with Crippen molar-refractivity contribution in [3.8, 4) is 6.07 Å². The summed E-state index contributed by atoms with van der Waals surface area (Å²) < 4.78 is 0. The molecule has 5 heteroatoms. The van der Waals surface area contributed by atoms with Gasteiger partial charge in [0.1, 0.15) is 5.82 Å². The Balaban J connectivity index is 1.85. The zero-order valence-corrected chi connectivity index (χ0v) is 11.4. The Bertz CT molecular complexity index is 630. The average Bonchev–Trinajstić information content (AvgIpc) is 2.48. The van der Waals surface area contributed by atoms with E-state index in [0.717, 1.165) is 5.56 Å². The third-order valence-corrected chi connectivity index (χ3v) is 2.94. The third-order valence-electron chi connectivity index (χ3n) is 2.72. The summed E-state index contributed by atoms with van der Waals surface area (Å²) in [6, 6.07) is 12.6. The van der Waals surface area contributed by atoms with Gasteiger partial charge >= 0.3 is 0 Å². The van der Waals surface area contributed by atoms with Crippen LogP contribution in [0, 0.1) is 11.3 Å². The van der Waals surface area contributed by atoms with Crippen molar-refractivity contribution >= 4 is 23.3 Å². The van der Waals surface area contributed by atoms with Crippen LogP contribution in [0.4, 0.5) is 5.82 Å². The Morgan fingerprint density at radius 1 is 1.25 bits per heavy atom. The molecule has 0 aliphatic carbocycles. The van der Waals surface area contributed by atoms with E-state index < -0.39 is 0 Å². The normalized spacial score (nSPS) is 9.80. The first kappa shape index (κ1) is 14.0. The first-order valence-corrected chi connectivity index (χ1v) is 6.45. The molecule has 2 aromatic rings. The van der Waals surface area contributed by atoms with Gasteiger partial charge in [-0.25, -0.2) is 4.98 Å². The van der Waals surface area contributed by atoms with Gasteiger partial charge < -0.3 is 5.32 Å². The number of benzene rings is 1. The number of nitriles is 1. The number of carbonyl (C=O) groups is 1. The number of aromatic nitrogens is 1. The van der Waals surface area contributed by atoms with Crippen molar-refractivity contribution in [3.63, 3.8) is 0 Å². The fraction of sp³-hybridized carbons (Fsp3) is 0.133. The molecule has 20 heavy (non-hydrogen) atoms. The Hall–Kier alpha value is -2.38. The molecule has 1 aromatic heterocycles. The SMILES string of the molecule is N#Cc1ccc(CCC(=O)Nc2ccc(Cl)cn2)cc1. The van der Waals surface area contributed by atoms with Gasteiger partial charge in [0.2, 0.25) is 5.91 Å². The van der Waals surface area contributed by atoms with E-state index in [9.17, 15) is 4.79 Å². The van der Waals surface area contributed by atoms with Crippen molar-refractivity contribution in [3.05, 3.63) is 58.7 Å². The molecular formula is C15H12ClN3O. The molecule has 100 valence electrons. The van der Waals surface area contributed by atoms with Crippen LogP contribution in [-0.4, -0.2) is 10.9 Å². The van der Waals surface area contributed by atoms with E-state index in [1.165, 1.54) is 6.20 Å². The van der Waals surface area contributed by atoms with E-state index in [1.54, 1.807) is 24.3 Å². The predicted molar refractivity (Wildman–Crippen MR) is 77.4 cm³/mol. The van der Waals surface area contributed by atoms with Crippen molar-refractivity contribution in [1.82, 2.24) is 4.98 Å². The summed E-state index contributed by atoms with van der Waals surface area (Å²) in [5.41, 5.74) is 1.63. The second-order valence-electron chi connectivity index (χ2n) is 4.22. The number of pyridine rings is 1. The first-order valence-electron chi connectivity index (χ1n) is 6.08. The van der Waals surface area contributed by atoms with Crippen molar-refractivity contribution in [1.29, 1.82) is 5.26 Å². The zero-order valence-electron chi connectivity index (χ0n) is 10.6. The Labute approximate surface area is 122 Å². The van der Waals surface area contributed by atoms with Gasteiger partial charge in [-0.3, -0.25) is 4.79 Å². The maximum atomic E-state index is 11.8. The molecule has 1 N–H and O–H groups in total. The van der Waals surface area contributed by atoms with Crippen LogP contribution in [0.2, 0.25) is 5.02 Å². The number of carbonyl (C=O) groups excluding carboxylic acids is 1. The molecule has 1 amide bonds. The number of aryl methyl sites for hydroxylation is 1. The molecule has 0 radical (unpaired) electrons. The molecule has 0 bridgehead atoms. The van der Waals surface area contributed by atoms with Crippen LogP contribution in [-0.2, 0) is 11.2 Å². The van der Waals surface area contributed by atoms with Crippen LogP contribution in [0.25, 0.3) is 0 Å². The molecule has 0 saturated heterocycles. The van der Waals surface area contributed by atoms with Gasteiger partial charge in [0.15, 0.2) is 0 Å². The maximum absolute atomic E-state index is 11.8. The Kier molecular flexibility index (Phi) is 4.70. The second-order valence-corrected chi connectivity index (χ2v) is 4.65. The lowest BCUT2D eigenvalue weighted by Crippen LogP contribution is -2.13. The van der Waals surface area contributed by atoms with Crippen LogP contribution in [0.15, 0.2) is 42.6 Å². The number of halogens is 1. The largest absolute Gasteiger partial charge is 0.311 e. The van der Waals surface area contributed by atoms with Crippen LogP contribution < -0.4 is 5.32 Å². The number of hydrogen-bond donors (Lipinski definition) is 1. The highest BCUT2D eigenvalue weighted by molar-refractivity contribution is 6.30. The fourth-order valence-electron chi connectivity index (χ4n) is 1.66. The highest BCUT2D eigenvalue weighted by Gasteiger charge is 2.04. The van der Waals surface area contributed by atoms with Gasteiger partial charge in [0.25, 0.3) is 0 Å². The summed E-state index contributed by atoms with van der Waals surface area (Å²) in [5, 5.41) is 11.9. The van der Waals surface area contributed by atoms with Gasteiger partial charge in [0, 0.05) is 12.6 Å². The number of nitrogens with zero attached hydrogens (tertiary/aromatic N) is 2. The van der Waals surface area contributed by atoms with Gasteiger partial charge in [-0.2, -0.15) is 5.26 Å². The Morgan fingerprint density at radius 3 is 2.60 bits per heavy atom. The topological polar surface area (TPSA) is 65.8 Å². The third kappa shape index (κ3) is 4.08. The lowest BCUT2D eigenvalue weighted by molar-refractivity contribution is -0.116. The molecule has 1 heterocycles. The van der Waals surface area contributed by atoms with Gasteiger partial charge in [-0.05, 0) is 36.2 Å². The molecule has 0 unspecified atom stereocenters. The minimum atomic E-state index is -0.107. The monoisotopic (exact) mass is 285 g/mol. The smallest absolute Gasteiger partial charge is 0.225 e. The zero-order chi connectivity index (χ0) is 14.4. The minimum Gasteiger partial charge on any atom is -0.311 e. The van der Waals surface area contributed by atoms with Gasteiger partial charge in [-0.1, -0.05) is 23.7 Å². The second kappa shape index (κ2) is 6.69. The molecule has 0 atom stereocenters. The molecule has 0 aliphatic heterocycles. The van der Waals surface area contributed by atoms with Gasteiger partial charge in [0.05, 0.1) is 16.7 Å². The number of anilines is 1. The molecule has 0 spiro atoms. The Morgan fingerprint density at radius 2 is 2.00 bits per heavy atom. The molecular weight excluding hydrogens is 274 g/mol. The number of nitrogens with one attached hydrogen (secondary N) is 1. The maximum Gasteiger partial charge on any atom is 0.225 e. The molecule has 2 rings (SSSR count). The summed E-state index contributed by atoms with van der Waals surface area (Å²) >= 11 is 5.72. The molecule has 4 nitrogen and oxygen atoms in total. The van der Waals surface area contributed by atoms with Gasteiger partial charge in [-0.15, -0.1) is 0 Å². The van der Waals surface area contributed by atoms with E-state index >= 15 is 0 Å². The van der Waals surface area contributed by atoms with Crippen LogP contribution >= 0.6 is 11.6 Å². The number of amides is 1. The highest BCUT2D eigenvalue weighted by Crippen LogP contribution is 2.11. The van der Waals surface area contributed by atoms with E-state index in [4.69, 9.17) is 16.9 Å². The minimum absolute atomic E-state index is 0.107. The summed E-state index contributed by atoms with van der Waals surface area (Å²) in [6.07, 6.45) is 2.46. The van der Waals surface area contributed by atoms with Crippen molar-refractivity contribution in [2.75, 3.05) is 5.32 Å². The highest BCUT2D eigenvalue weighted by atomic mass is 35.5. The molecule has 1 aromatic carbocycles. The number of hydrogen-bond acceptors (Lipinski definition) is 3. The lowest BCUT2D eigenvalue weighted by Gasteiger charge is -2.04.